The number of hydrogen-bond donors (Lipinski definition) is 3. The third kappa shape index (κ3) is 3.11. The molecule has 2 rings (SSSR count). The van der Waals surface area contributed by atoms with E-state index in [9.17, 15) is 14.4 Å². The molecule has 21 heavy (non-hydrogen) atoms. The number of anilines is 1. The summed E-state index contributed by atoms with van der Waals surface area (Å²) < 4.78 is 0.550. The molecular formula is C13H11BrN2O5. The number of amides is 2. The Hall–Kier alpha value is -2.19. The molecule has 2 amide bonds. The molecule has 0 radical (unpaired) electrons. The standard InChI is InChI=1S/C13H11BrN2O5/c14-8-2-1-7(13(20)21)5-9(8)15-10-6-11(18)16(3-4-17)12(10)19/h1-2,5-6,15,17H,3-4H2,(H,20,21). The maximum Gasteiger partial charge on any atom is 0.335 e. The van der Waals surface area contributed by atoms with Crippen LogP contribution in [0.25, 0.3) is 0 Å². The van der Waals surface area contributed by atoms with Gasteiger partial charge in [-0.25, -0.2) is 4.79 Å². The molecule has 7 nitrogen and oxygen atoms in total. The van der Waals surface area contributed by atoms with Gasteiger partial charge in [0.1, 0.15) is 5.70 Å². The number of aliphatic hydroxyl groups is 1. The van der Waals surface area contributed by atoms with Crippen LogP contribution in [0.5, 0.6) is 0 Å². The lowest BCUT2D eigenvalue weighted by Crippen LogP contribution is -2.34. The summed E-state index contributed by atoms with van der Waals surface area (Å²) in [6.07, 6.45) is 1.11. The maximum atomic E-state index is 12.0. The third-order valence-corrected chi connectivity index (χ3v) is 3.51. The molecule has 0 aromatic heterocycles. The zero-order valence-corrected chi connectivity index (χ0v) is 12.3. The summed E-state index contributed by atoms with van der Waals surface area (Å²) >= 11 is 3.24. The van der Waals surface area contributed by atoms with Gasteiger partial charge in [0.25, 0.3) is 11.8 Å². The number of nitrogens with zero attached hydrogens (tertiary/aromatic N) is 1. The van der Waals surface area contributed by atoms with Gasteiger partial charge < -0.3 is 15.5 Å². The van der Waals surface area contributed by atoms with Crippen LogP contribution in [0.3, 0.4) is 0 Å². The van der Waals surface area contributed by atoms with E-state index < -0.39 is 17.8 Å². The van der Waals surface area contributed by atoms with E-state index in [1.807, 2.05) is 0 Å². The molecule has 1 heterocycles. The van der Waals surface area contributed by atoms with Crippen LogP contribution in [-0.4, -0.2) is 46.0 Å². The smallest absolute Gasteiger partial charge is 0.335 e. The first-order valence-electron chi connectivity index (χ1n) is 5.92. The molecule has 3 N–H and O–H groups in total. The molecule has 1 aliphatic rings. The van der Waals surface area contributed by atoms with Crippen molar-refractivity contribution in [3.63, 3.8) is 0 Å². The second-order valence-corrected chi connectivity index (χ2v) is 5.06. The summed E-state index contributed by atoms with van der Waals surface area (Å²) in [6, 6.07) is 4.28. The molecule has 1 aromatic rings. The van der Waals surface area contributed by atoms with Crippen molar-refractivity contribution in [2.24, 2.45) is 0 Å². The normalized spacial score (nSPS) is 14.4. The number of aliphatic hydroxyl groups excluding tert-OH is 1. The molecule has 0 atom stereocenters. The second kappa shape index (κ2) is 6.06. The van der Waals surface area contributed by atoms with E-state index in [0.717, 1.165) is 11.0 Å². The van der Waals surface area contributed by atoms with Crippen molar-refractivity contribution >= 4 is 39.4 Å². The van der Waals surface area contributed by atoms with E-state index in [-0.39, 0.29) is 24.4 Å². The van der Waals surface area contributed by atoms with Crippen molar-refractivity contribution in [1.82, 2.24) is 4.90 Å². The minimum atomic E-state index is -1.10. The van der Waals surface area contributed by atoms with Gasteiger partial charge >= 0.3 is 5.97 Å². The Kier molecular flexibility index (Phi) is 4.39. The second-order valence-electron chi connectivity index (χ2n) is 4.20. The molecule has 1 aromatic carbocycles. The molecule has 0 spiro atoms. The Morgan fingerprint density at radius 2 is 2.05 bits per heavy atom. The average Bonchev–Trinajstić information content (AvgIpc) is 2.69. The van der Waals surface area contributed by atoms with Crippen molar-refractivity contribution in [1.29, 1.82) is 0 Å². The zero-order valence-electron chi connectivity index (χ0n) is 10.7. The number of carbonyl (C=O) groups is 3. The van der Waals surface area contributed by atoms with E-state index >= 15 is 0 Å². The number of carbonyl (C=O) groups excluding carboxylic acids is 2. The number of benzene rings is 1. The zero-order chi connectivity index (χ0) is 15.6. The van der Waals surface area contributed by atoms with E-state index in [4.69, 9.17) is 10.2 Å². The van der Waals surface area contributed by atoms with Gasteiger partial charge in [-0.15, -0.1) is 0 Å². The lowest BCUT2D eigenvalue weighted by molar-refractivity contribution is -0.137. The van der Waals surface area contributed by atoms with Gasteiger partial charge in [0.05, 0.1) is 24.4 Å². The Morgan fingerprint density at radius 1 is 1.33 bits per heavy atom. The van der Waals surface area contributed by atoms with Crippen LogP contribution in [-0.2, 0) is 9.59 Å². The lowest BCUT2D eigenvalue weighted by atomic mass is 10.2. The number of rotatable bonds is 5. The van der Waals surface area contributed by atoms with Crippen LogP contribution in [0.2, 0.25) is 0 Å². The highest BCUT2D eigenvalue weighted by Crippen LogP contribution is 2.26. The van der Waals surface area contributed by atoms with Gasteiger partial charge in [0.15, 0.2) is 0 Å². The minimum absolute atomic E-state index is 0.0247. The molecule has 0 aliphatic carbocycles. The number of β-amino-alcohol motifs (C(OH)–C–C–N with tert-alkyl or cyclic N) is 1. The van der Waals surface area contributed by atoms with Crippen LogP contribution in [0, 0.1) is 0 Å². The van der Waals surface area contributed by atoms with Crippen molar-refractivity contribution in [3.05, 3.63) is 40.0 Å². The molecule has 0 unspecified atom stereocenters. The van der Waals surface area contributed by atoms with Gasteiger partial charge in [0.2, 0.25) is 0 Å². The largest absolute Gasteiger partial charge is 0.478 e. The fraction of sp³-hybridized carbons (Fsp3) is 0.154. The highest BCUT2D eigenvalue weighted by Gasteiger charge is 2.30. The molecule has 0 saturated heterocycles. The van der Waals surface area contributed by atoms with Crippen molar-refractivity contribution < 1.29 is 24.6 Å². The molecule has 8 heteroatoms. The van der Waals surface area contributed by atoms with E-state index in [1.54, 1.807) is 0 Å². The van der Waals surface area contributed by atoms with Gasteiger partial charge in [-0.1, -0.05) is 0 Å². The number of carboxylic acids is 1. The summed E-state index contributed by atoms with van der Waals surface area (Å²) in [5, 5.41) is 20.5. The fourth-order valence-electron chi connectivity index (χ4n) is 1.81. The van der Waals surface area contributed by atoms with Crippen LogP contribution >= 0.6 is 15.9 Å². The van der Waals surface area contributed by atoms with Crippen LogP contribution < -0.4 is 5.32 Å². The van der Waals surface area contributed by atoms with Gasteiger partial charge in [-0.3, -0.25) is 14.5 Å². The number of carboxylic acid groups (broad SMARTS) is 1. The van der Waals surface area contributed by atoms with Crippen LogP contribution in [0.4, 0.5) is 5.69 Å². The molecule has 0 bridgehead atoms. The first-order chi connectivity index (χ1) is 9.93. The summed E-state index contributed by atoms with van der Waals surface area (Å²) in [4.78, 5) is 35.4. The van der Waals surface area contributed by atoms with Crippen LogP contribution in [0.15, 0.2) is 34.4 Å². The molecule has 0 saturated carbocycles. The Bertz CT molecular complexity index is 656. The van der Waals surface area contributed by atoms with E-state index in [0.29, 0.717) is 10.2 Å². The molecule has 0 fully saturated rings. The number of nitrogens with one attached hydrogen (secondary N) is 1. The topological polar surface area (TPSA) is 107 Å². The number of aromatic carboxylic acids is 1. The quantitative estimate of drug-likeness (QED) is 0.675. The highest BCUT2D eigenvalue weighted by molar-refractivity contribution is 9.10. The predicted molar refractivity (Wildman–Crippen MR) is 76.6 cm³/mol. The number of halogens is 1. The first-order valence-corrected chi connectivity index (χ1v) is 6.71. The highest BCUT2D eigenvalue weighted by atomic mass is 79.9. The Morgan fingerprint density at radius 3 is 2.67 bits per heavy atom. The summed E-state index contributed by atoms with van der Waals surface area (Å²) in [5.41, 5.74) is 0.426. The summed E-state index contributed by atoms with van der Waals surface area (Å²) in [7, 11) is 0. The molecule has 1 aliphatic heterocycles. The van der Waals surface area contributed by atoms with Gasteiger partial charge in [-0.2, -0.15) is 0 Å². The summed E-state index contributed by atoms with van der Waals surface area (Å²) in [6.45, 7) is -0.410. The maximum absolute atomic E-state index is 12.0. The van der Waals surface area contributed by atoms with Gasteiger partial charge in [-0.05, 0) is 34.1 Å². The molecular weight excluding hydrogens is 344 g/mol. The number of imide groups is 1. The molecule has 110 valence electrons. The van der Waals surface area contributed by atoms with Crippen molar-refractivity contribution in [3.8, 4) is 0 Å². The van der Waals surface area contributed by atoms with E-state index in [1.165, 1.54) is 18.2 Å². The monoisotopic (exact) mass is 354 g/mol. The summed E-state index contributed by atoms with van der Waals surface area (Å²) in [5.74, 6) is -2.20. The predicted octanol–water partition coefficient (Wildman–Crippen LogP) is 0.804. The van der Waals surface area contributed by atoms with Gasteiger partial charge in [0, 0.05) is 10.5 Å². The number of hydrogen-bond acceptors (Lipinski definition) is 5. The van der Waals surface area contributed by atoms with Crippen LogP contribution in [0.1, 0.15) is 10.4 Å². The Balaban J connectivity index is 2.25. The Labute approximate surface area is 128 Å². The SMILES string of the molecule is O=C(O)c1ccc(Br)c(NC2=CC(=O)N(CCO)C2=O)c1. The van der Waals surface area contributed by atoms with Crippen molar-refractivity contribution in [2.75, 3.05) is 18.5 Å². The third-order valence-electron chi connectivity index (χ3n) is 2.82. The first kappa shape index (κ1) is 15.2. The fourth-order valence-corrected chi connectivity index (χ4v) is 2.15. The minimum Gasteiger partial charge on any atom is -0.478 e. The lowest BCUT2D eigenvalue weighted by Gasteiger charge is -2.14. The van der Waals surface area contributed by atoms with Crippen molar-refractivity contribution in [2.45, 2.75) is 0 Å². The van der Waals surface area contributed by atoms with E-state index in [2.05, 4.69) is 21.2 Å². The average molecular weight is 355 g/mol.